The quantitative estimate of drug-likeness (QED) is 0.386. The predicted octanol–water partition coefficient (Wildman–Crippen LogP) is 5.29. The molecule has 0 bridgehead atoms. The highest BCUT2D eigenvalue weighted by atomic mass is 16.6. The van der Waals surface area contributed by atoms with Gasteiger partial charge in [0.2, 0.25) is 0 Å². The molecular weight excluding hydrogens is 312 g/mol. The van der Waals surface area contributed by atoms with E-state index in [2.05, 4.69) is 52.0 Å². The van der Waals surface area contributed by atoms with E-state index in [1.807, 2.05) is 6.92 Å². The van der Waals surface area contributed by atoms with Crippen LogP contribution in [-0.2, 0) is 14.3 Å². The van der Waals surface area contributed by atoms with Gasteiger partial charge in [0.1, 0.15) is 12.7 Å². The molecule has 0 amide bonds. The monoisotopic (exact) mass is 344 g/mol. The molecule has 138 valence electrons. The molecule has 0 saturated heterocycles. The average molecular weight is 344 g/mol. The minimum Gasteiger partial charge on any atom is -0.463 e. The maximum absolute atomic E-state index is 11.0. The highest BCUT2D eigenvalue weighted by molar-refractivity contribution is 5.65. The van der Waals surface area contributed by atoms with Crippen LogP contribution >= 0.6 is 0 Å². The molecular formula is C22H32O3. The Morgan fingerprint density at radius 3 is 2.72 bits per heavy atom. The van der Waals surface area contributed by atoms with Crippen molar-refractivity contribution >= 4 is 5.97 Å². The van der Waals surface area contributed by atoms with Gasteiger partial charge in [0, 0.05) is 6.92 Å². The van der Waals surface area contributed by atoms with E-state index in [0.717, 1.165) is 5.57 Å². The third-order valence-electron chi connectivity index (χ3n) is 5.18. The summed E-state index contributed by atoms with van der Waals surface area (Å²) in [6, 6.07) is 0. The molecule has 0 fully saturated rings. The molecule has 3 heteroatoms. The van der Waals surface area contributed by atoms with Gasteiger partial charge in [0.05, 0.1) is 6.10 Å². The first-order chi connectivity index (χ1) is 11.7. The lowest BCUT2D eigenvalue weighted by molar-refractivity contribution is -0.144. The van der Waals surface area contributed by atoms with Crippen LogP contribution in [0, 0.1) is 5.41 Å². The third-order valence-corrected chi connectivity index (χ3v) is 5.18. The van der Waals surface area contributed by atoms with Crippen molar-refractivity contribution in [2.45, 2.75) is 73.0 Å². The molecule has 2 aliphatic rings. The van der Waals surface area contributed by atoms with E-state index in [9.17, 15) is 4.79 Å². The van der Waals surface area contributed by atoms with Gasteiger partial charge in [0.25, 0.3) is 0 Å². The van der Waals surface area contributed by atoms with Gasteiger partial charge in [0.15, 0.2) is 0 Å². The third kappa shape index (κ3) is 5.43. The van der Waals surface area contributed by atoms with Crippen molar-refractivity contribution in [2.24, 2.45) is 5.41 Å². The number of ether oxygens (including phenoxy) is 2. The van der Waals surface area contributed by atoms with Crippen molar-refractivity contribution in [3.8, 4) is 0 Å². The summed E-state index contributed by atoms with van der Waals surface area (Å²) in [6.07, 6.45) is 12.2. The Morgan fingerprint density at radius 1 is 1.36 bits per heavy atom. The number of hydrogen-bond acceptors (Lipinski definition) is 3. The zero-order chi connectivity index (χ0) is 18.6. The molecule has 0 unspecified atom stereocenters. The Kier molecular flexibility index (Phi) is 6.45. The highest BCUT2D eigenvalue weighted by Crippen LogP contribution is 2.40. The Morgan fingerprint density at radius 2 is 2.08 bits per heavy atom. The van der Waals surface area contributed by atoms with Crippen molar-refractivity contribution in [3.63, 3.8) is 0 Å². The first-order valence-corrected chi connectivity index (χ1v) is 9.23. The maximum atomic E-state index is 11.0. The minimum absolute atomic E-state index is 0.0559. The van der Waals surface area contributed by atoms with Gasteiger partial charge >= 0.3 is 5.97 Å². The van der Waals surface area contributed by atoms with E-state index in [0.29, 0.717) is 0 Å². The molecule has 1 aliphatic carbocycles. The number of hydrogen-bond donors (Lipinski definition) is 0. The summed E-state index contributed by atoms with van der Waals surface area (Å²) in [5, 5.41) is 0. The minimum atomic E-state index is -0.270. The fourth-order valence-electron chi connectivity index (χ4n) is 3.69. The highest BCUT2D eigenvalue weighted by Gasteiger charge is 2.27. The van der Waals surface area contributed by atoms with Crippen molar-refractivity contribution in [3.05, 3.63) is 46.6 Å². The first kappa shape index (κ1) is 19.7. The first-order valence-electron chi connectivity index (χ1n) is 9.23. The fourth-order valence-corrected chi connectivity index (χ4v) is 3.69. The second-order valence-corrected chi connectivity index (χ2v) is 7.98. The van der Waals surface area contributed by atoms with Gasteiger partial charge in [-0.25, -0.2) is 0 Å². The van der Waals surface area contributed by atoms with Gasteiger partial charge in [-0.05, 0) is 62.7 Å². The summed E-state index contributed by atoms with van der Waals surface area (Å²) >= 11 is 0. The van der Waals surface area contributed by atoms with Gasteiger partial charge in [-0.3, -0.25) is 4.79 Å². The second-order valence-electron chi connectivity index (χ2n) is 7.98. The smallest absolute Gasteiger partial charge is 0.302 e. The van der Waals surface area contributed by atoms with Crippen LogP contribution in [0.15, 0.2) is 46.6 Å². The van der Waals surface area contributed by atoms with Crippen molar-refractivity contribution in [1.29, 1.82) is 0 Å². The molecule has 0 aromatic rings. The van der Waals surface area contributed by atoms with Gasteiger partial charge in [-0.15, -0.1) is 0 Å². The molecule has 0 aromatic heterocycles. The Bertz CT molecular complexity index is 632. The molecule has 0 radical (unpaired) electrons. The van der Waals surface area contributed by atoms with Crippen LogP contribution in [-0.4, -0.2) is 24.8 Å². The Hall–Kier alpha value is -1.61. The van der Waals surface area contributed by atoms with E-state index in [-0.39, 0.29) is 30.2 Å². The average Bonchev–Trinajstić information content (AvgIpc) is 2.83. The van der Waals surface area contributed by atoms with E-state index in [4.69, 9.17) is 9.47 Å². The molecule has 0 N–H and O–H groups in total. The molecule has 2 rings (SSSR count). The largest absolute Gasteiger partial charge is 0.463 e. The fraction of sp³-hybridized carbons (Fsp3) is 0.591. The van der Waals surface area contributed by atoms with Crippen LogP contribution in [0.4, 0.5) is 0 Å². The topological polar surface area (TPSA) is 35.5 Å². The maximum Gasteiger partial charge on any atom is 0.302 e. The van der Waals surface area contributed by atoms with Gasteiger partial charge in [-0.2, -0.15) is 0 Å². The molecule has 1 heterocycles. The number of carbonyl (C=O) groups excluding carboxylic acids is 1. The van der Waals surface area contributed by atoms with E-state index in [1.165, 1.54) is 42.9 Å². The Balaban J connectivity index is 2.01. The van der Waals surface area contributed by atoms with Crippen molar-refractivity contribution in [1.82, 2.24) is 0 Å². The lowest BCUT2D eigenvalue weighted by atomic mass is 9.72. The second kappa shape index (κ2) is 8.18. The zero-order valence-corrected chi connectivity index (χ0v) is 16.5. The summed E-state index contributed by atoms with van der Waals surface area (Å²) < 4.78 is 11.0. The molecule has 1 aliphatic heterocycles. The summed E-state index contributed by atoms with van der Waals surface area (Å²) in [5.74, 6) is -0.270. The normalized spacial score (nSPS) is 27.0. The summed E-state index contributed by atoms with van der Waals surface area (Å²) in [6.45, 7) is 12.8. The SMILES string of the molecule is CC(=O)OC[C@@H]1O[C@H](/C=C(C)/C=C/C2=C(C)CCCC2(C)C)C=C1C. The lowest BCUT2D eigenvalue weighted by Gasteiger charge is -2.33. The number of rotatable bonds is 5. The van der Waals surface area contributed by atoms with Crippen LogP contribution in [0.1, 0.15) is 60.8 Å². The standard InChI is InChI=1S/C22H32O3/c1-15(9-10-20-16(2)8-7-11-22(20,5)6)12-19-13-17(3)21(25-19)14-24-18(4)23/h9-10,12-13,19,21H,7-8,11,14H2,1-6H3/b10-9+,15-12+/t19-,21+/m1/s1. The molecule has 3 nitrogen and oxygen atoms in total. The molecule has 0 spiro atoms. The van der Waals surface area contributed by atoms with E-state index < -0.39 is 0 Å². The summed E-state index contributed by atoms with van der Waals surface area (Å²) in [4.78, 5) is 11.0. The molecule has 0 aromatic carbocycles. The molecule has 25 heavy (non-hydrogen) atoms. The number of allylic oxidation sites excluding steroid dienone is 5. The zero-order valence-electron chi connectivity index (χ0n) is 16.5. The van der Waals surface area contributed by atoms with Crippen molar-refractivity contribution in [2.75, 3.05) is 6.61 Å². The number of carbonyl (C=O) groups is 1. The van der Waals surface area contributed by atoms with Gasteiger partial charge < -0.3 is 9.47 Å². The predicted molar refractivity (Wildman–Crippen MR) is 102 cm³/mol. The van der Waals surface area contributed by atoms with Crippen LogP contribution in [0.25, 0.3) is 0 Å². The summed E-state index contributed by atoms with van der Waals surface area (Å²) in [5.41, 5.74) is 5.54. The van der Waals surface area contributed by atoms with E-state index in [1.54, 1.807) is 0 Å². The van der Waals surface area contributed by atoms with Crippen LogP contribution < -0.4 is 0 Å². The van der Waals surface area contributed by atoms with Crippen molar-refractivity contribution < 1.29 is 14.3 Å². The van der Waals surface area contributed by atoms with Crippen LogP contribution in [0.3, 0.4) is 0 Å². The van der Waals surface area contributed by atoms with Crippen LogP contribution in [0.5, 0.6) is 0 Å². The Labute approximate surface area is 152 Å². The van der Waals surface area contributed by atoms with Crippen LogP contribution in [0.2, 0.25) is 0 Å². The lowest BCUT2D eigenvalue weighted by Crippen LogP contribution is -2.20. The molecule has 0 saturated carbocycles. The number of esters is 1. The van der Waals surface area contributed by atoms with E-state index >= 15 is 0 Å². The van der Waals surface area contributed by atoms with Gasteiger partial charge in [-0.1, -0.05) is 43.2 Å². The summed E-state index contributed by atoms with van der Waals surface area (Å²) in [7, 11) is 0. The molecule has 2 atom stereocenters.